The summed E-state index contributed by atoms with van der Waals surface area (Å²) in [7, 11) is 0. The number of benzene rings is 2. The van der Waals surface area contributed by atoms with E-state index in [1.54, 1.807) is 18.6 Å². The highest BCUT2D eigenvalue weighted by Crippen LogP contribution is 2.25. The molecule has 0 radical (unpaired) electrons. The maximum atomic E-state index is 11.1. The topological polar surface area (TPSA) is 99.5 Å². The van der Waals surface area contributed by atoms with Crippen molar-refractivity contribution in [2.75, 3.05) is 19.6 Å². The lowest BCUT2D eigenvalue weighted by Crippen LogP contribution is -2.42. The van der Waals surface area contributed by atoms with Gasteiger partial charge >= 0.3 is 5.97 Å². The lowest BCUT2D eigenvalue weighted by molar-refractivity contribution is -0.142. The Kier molecular flexibility index (Phi) is 5.76. The van der Waals surface area contributed by atoms with E-state index in [1.807, 2.05) is 24.3 Å². The summed E-state index contributed by atoms with van der Waals surface area (Å²) in [6.45, 7) is 1.97. The second-order valence-electron chi connectivity index (χ2n) is 7.28. The Morgan fingerprint density at radius 1 is 1.17 bits per heavy atom. The van der Waals surface area contributed by atoms with Crippen molar-refractivity contribution >= 4 is 23.0 Å². The molecule has 29 heavy (non-hydrogen) atoms. The molecule has 0 amide bonds. The van der Waals surface area contributed by atoms with Gasteiger partial charge in [-0.15, -0.1) is 0 Å². The summed E-state index contributed by atoms with van der Waals surface area (Å²) >= 11 is 0. The Labute approximate surface area is 168 Å². The van der Waals surface area contributed by atoms with Gasteiger partial charge in [-0.25, -0.2) is 9.97 Å². The first-order valence-corrected chi connectivity index (χ1v) is 9.70. The third-order valence-corrected chi connectivity index (χ3v) is 5.18. The molecule has 1 aliphatic rings. The van der Waals surface area contributed by atoms with E-state index >= 15 is 0 Å². The van der Waals surface area contributed by atoms with E-state index < -0.39 is 5.97 Å². The molecule has 1 aliphatic heterocycles. The van der Waals surface area contributed by atoms with Crippen molar-refractivity contribution in [2.24, 2.45) is 16.9 Å². The molecule has 3 N–H and O–H groups in total. The molecule has 0 bridgehead atoms. The van der Waals surface area contributed by atoms with Crippen molar-refractivity contribution < 1.29 is 9.90 Å². The van der Waals surface area contributed by atoms with Gasteiger partial charge in [0.2, 0.25) is 0 Å². The second-order valence-corrected chi connectivity index (χ2v) is 7.28. The zero-order valence-electron chi connectivity index (χ0n) is 16.0. The third-order valence-electron chi connectivity index (χ3n) is 5.18. The number of carboxylic acids is 1. The fraction of sp³-hybridized carbons (Fsp3) is 0.273. The molecule has 7 nitrogen and oxygen atoms in total. The van der Waals surface area contributed by atoms with Crippen molar-refractivity contribution in [3.8, 4) is 11.4 Å². The van der Waals surface area contributed by atoms with E-state index in [-0.39, 0.29) is 11.8 Å². The minimum Gasteiger partial charge on any atom is -0.481 e. The van der Waals surface area contributed by atoms with Crippen molar-refractivity contribution in [2.45, 2.75) is 6.42 Å². The van der Waals surface area contributed by atoms with Crippen LogP contribution in [0.15, 0.2) is 60.0 Å². The predicted molar refractivity (Wildman–Crippen MR) is 113 cm³/mol. The highest BCUT2D eigenvalue weighted by molar-refractivity contribution is 5.95. The van der Waals surface area contributed by atoms with Gasteiger partial charge in [0.05, 0.1) is 12.1 Å². The third kappa shape index (κ3) is 4.57. The molecule has 0 saturated carbocycles. The molecule has 0 unspecified atom stereocenters. The number of hydrazone groups is 1. The number of carbonyl (C=O) groups is 1. The fourth-order valence-electron chi connectivity index (χ4n) is 3.64. The van der Waals surface area contributed by atoms with Gasteiger partial charge in [-0.3, -0.25) is 4.79 Å². The summed E-state index contributed by atoms with van der Waals surface area (Å²) in [6, 6.07) is 14.3. The van der Waals surface area contributed by atoms with Gasteiger partial charge in [0.25, 0.3) is 0 Å². The summed E-state index contributed by atoms with van der Waals surface area (Å²) in [5.74, 6) is -0.143. The Hall–Kier alpha value is -3.32. The number of aliphatic carboxylic acids is 1. The number of fused-ring (bicyclic) bond motifs is 1. The smallest absolute Gasteiger partial charge is 0.307 e. The molecule has 2 heterocycles. The number of hydrogen-bond acceptors (Lipinski definition) is 6. The lowest BCUT2D eigenvalue weighted by Gasteiger charge is -2.27. The number of hydrogen-bond donors (Lipinski definition) is 3. The van der Waals surface area contributed by atoms with E-state index in [0.29, 0.717) is 25.3 Å². The molecule has 0 spiro atoms. The van der Waals surface area contributed by atoms with Crippen LogP contribution in [-0.4, -0.2) is 46.9 Å². The molecule has 148 valence electrons. The van der Waals surface area contributed by atoms with Crippen LogP contribution in [0.3, 0.4) is 0 Å². The first-order valence-electron chi connectivity index (χ1n) is 9.70. The monoisotopic (exact) mass is 389 g/mol. The predicted octanol–water partition coefficient (Wildman–Crippen LogP) is 2.53. The number of carboxylic acid groups (broad SMARTS) is 1. The number of rotatable bonds is 6. The van der Waals surface area contributed by atoms with Gasteiger partial charge in [0.1, 0.15) is 0 Å². The summed E-state index contributed by atoms with van der Waals surface area (Å²) in [6.07, 6.45) is 5.83. The van der Waals surface area contributed by atoms with Crippen LogP contribution in [0, 0.1) is 11.8 Å². The van der Waals surface area contributed by atoms with Crippen LogP contribution < -0.4 is 10.7 Å². The number of aromatic nitrogens is 2. The lowest BCUT2D eigenvalue weighted by atomic mass is 9.91. The molecule has 1 fully saturated rings. The first-order chi connectivity index (χ1) is 14.2. The van der Waals surface area contributed by atoms with Gasteiger partial charge in [-0.05, 0) is 29.7 Å². The molecule has 4 rings (SSSR count). The van der Waals surface area contributed by atoms with Gasteiger partial charge in [-0.2, -0.15) is 5.10 Å². The highest BCUT2D eigenvalue weighted by Gasteiger charge is 2.26. The zero-order chi connectivity index (χ0) is 20.1. The maximum absolute atomic E-state index is 11.1. The van der Waals surface area contributed by atoms with Crippen molar-refractivity contribution in [1.29, 1.82) is 0 Å². The van der Waals surface area contributed by atoms with Crippen molar-refractivity contribution in [1.82, 2.24) is 20.7 Å². The zero-order valence-corrected chi connectivity index (χ0v) is 16.0. The van der Waals surface area contributed by atoms with Crippen LogP contribution in [0.5, 0.6) is 0 Å². The summed E-state index contributed by atoms with van der Waals surface area (Å²) in [5.41, 5.74) is 4.81. The minimum absolute atomic E-state index is 0.243. The quantitative estimate of drug-likeness (QED) is 0.443. The minimum atomic E-state index is -0.742. The molecular formula is C22H23N5O2. The summed E-state index contributed by atoms with van der Waals surface area (Å²) in [4.78, 5) is 20.1. The van der Waals surface area contributed by atoms with Crippen molar-refractivity contribution in [3.05, 3.63) is 60.4 Å². The van der Waals surface area contributed by atoms with E-state index in [2.05, 4.69) is 44.0 Å². The number of piperidine rings is 1. The maximum Gasteiger partial charge on any atom is 0.307 e. The van der Waals surface area contributed by atoms with Crippen LogP contribution in [0.4, 0.5) is 0 Å². The van der Waals surface area contributed by atoms with Crippen molar-refractivity contribution in [3.63, 3.8) is 0 Å². The van der Waals surface area contributed by atoms with Crippen LogP contribution in [0.1, 0.15) is 12.0 Å². The van der Waals surface area contributed by atoms with Gasteiger partial charge in [-0.1, -0.05) is 42.5 Å². The molecule has 7 heteroatoms. The number of nitrogens with zero attached hydrogens (tertiary/aromatic N) is 3. The molecule has 2 aromatic carbocycles. The SMILES string of the molecule is O=C(O)[C@H]1CNC[C@@H](CN/N=C/c2cnc(-c3cccc4ccccc34)nc2)C1. The molecule has 1 saturated heterocycles. The highest BCUT2D eigenvalue weighted by atomic mass is 16.4. The average molecular weight is 389 g/mol. The molecule has 3 aromatic rings. The standard InChI is InChI=1S/C22H23N5O2/c28-22(29)18-8-15(9-23-14-18)12-26-27-13-16-10-24-21(25-11-16)20-7-3-5-17-4-1-2-6-19(17)20/h1-7,10-11,13,15,18,23,26H,8-9,12,14H2,(H,28,29)/b27-13+/t15-,18+/m0/s1. The summed E-state index contributed by atoms with van der Waals surface area (Å²) < 4.78 is 0. The van der Waals surface area contributed by atoms with E-state index in [4.69, 9.17) is 5.11 Å². The molecule has 0 aliphatic carbocycles. The Morgan fingerprint density at radius 2 is 1.97 bits per heavy atom. The largest absolute Gasteiger partial charge is 0.481 e. The first kappa shape index (κ1) is 19.0. The van der Waals surface area contributed by atoms with E-state index in [1.165, 1.54) is 0 Å². The van der Waals surface area contributed by atoms with Crippen LogP contribution in [0.2, 0.25) is 0 Å². The average Bonchev–Trinajstić information content (AvgIpc) is 2.77. The number of nitrogens with one attached hydrogen (secondary N) is 2. The van der Waals surface area contributed by atoms with Crippen LogP contribution >= 0.6 is 0 Å². The normalized spacial score (nSPS) is 19.4. The van der Waals surface area contributed by atoms with E-state index in [9.17, 15) is 4.79 Å². The van der Waals surface area contributed by atoms with Crippen LogP contribution in [-0.2, 0) is 4.79 Å². The summed E-state index contributed by atoms with van der Waals surface area (Å²) in [5, 5.41) is 18.8. The fourth-order valence-corrected chi connectivity index (χ4v) is 3.64. The van der Waals surface area contributed by atoms with E-state index in [0.717, 1.165) is 28.4 Å². The Bertz CT molecular complexity index is 1010. The van der Waals surface area contributed by atoms with Gasteiger partial charge in [0, 0.05) is 36.6 Å². The Balaban J connectivity index is 1.36. The molecular weight excluding hydrogens is 366 g/mol. The van der Waals surface area contributed by atoms with Crippen LogP contribution in [0.25, 0.3) is 22.2 Å². The molecule has 2 atom stereocenters. The molecule has 1 aromatic heterocycles. The Morgan fingerprint density at radius 3 is 2.79 bits per heavy atom. The van der Waals surface area contributed by atoms with Gasteiger partial charge < -0.3 is 15.8 Å². The van der Waals surface area contributed by atoms with Gasteiger partial charge in [0.15, 0.2) is 5.82 Å². The second kappa shape index (κ2) is 8.79.